The predicted molar refractivity (Wildman–Crippen MR) is 60.5 cm³/mol. The molecule has 0 amide bonds. The molecule has 5 unspecified atom stereocenters. The standard InChI is InChI=1S/C10H15N3O5/c1-4-6(14)7(15)8(16)9(18-4)13-3-2-5(11)12-10(13)17/h2-4,6-9,14-16H,1H3,(H2,11,12,17). The highest BCUT2D eigenvalue weighted by Gasteiger charge is 2.42. The van der Waals surface area contributed by atoms with E-state index in [1.54, 1.807) is 0 Å². The Kier molecular flexibility index (Phi) is 3.35. The third-order valence-electron chi connectivity index (χ3n) is 2.95. The van der Waals surface area contributed by atoms with Gasteiger partial charge in [0.15, 0.2) is 6.23 Å². The van der Waals surface area contributed by atoms with E-state index in [4.69, 9.17) is 10.5 Å². The van der Waals surface area contributed by atoms with Gasteiger partial charge < -0.3 is 25.8 Å². The van der Waals surface area contributed by atoms with Gasteiger partial charge in [0.25, 0.3) is 0 Å². The molecule has 0 saturated carbocycles. The highest BCUT2D eigenvalue weighted by molar-refractivity contribution is 5.23. The van der Waals surface area contributed by atoms with E-state index >= 15 is 0 Å². The number of hydrogen-bond acceptors (Lipinski definition) is 7. The van der Waals surface area contributed by atoms with E-state index in [1.807, 2.05) is 0 Å². The number of hydrogen-bond donors (Lipinski definition) is 4. The van der Waals surface area contributed by atoms with Crippen molar-refractivity contribution in [2.24, 2.45) is 0 Å². The van der Waals surface area contributed by atoms with Gasteiger partial charge >= 0.3 is 5.69 Å². The number of anilines is 1. The van der Waals surface area contributed by atoms with Crippen molar-refractivity contribution < 1.29 is 20.1 Å². The summed E-state index contributed by atoms with van der Waals surface area (Å²) in [5.41, 5.74) is 4.65. The predicted octanol–water partition coefficient (Wildman–Crippen LogP) is -2.17. The van der Waals surface area contributed by atoms with Gasteiger partial charge in [-0.05, 0) is 13.0 Å². The van der Waals surface area contributed by atoms with Crippen LogP contribution in [0.25, 0.3) is 0 Å². The number of nitrogens with two attached hydrogens (primary N) is 1. The number of nitrogen functional groups attached to an aromatic ring is 1. The normalized spacial score (nSPS) is 36.6. The van der Waals surface area contributed by atoms with Crippen LogP contribution in [0, 0.1) is 0 Å². The first-order valence-electron chi connectivity index (χ1n) is 5.46. The third kappa shape index (κ3) is 2.10. The van der Waals surface area contributed by atoms with Gasteiger partial charge in [0.05, 0.1) is 6.10 Å². The molecule has 100 valence electrons. The van der Waals surface area contributed by atoms with Crippen LogP contribution in [-0.2, 0) is 4.74 Å². The maximum atomic E-state index is 11.6. The largest absolute Gasteiger partial charge is 0.388 e. The summed E-state index contributed by atoms with van der Waals surface area (Å²) in [7, 11) is 0. The number of nitrogens with zero attached hydrogens (tertiary/aromatic N) is 2. The second-order valence-corrected chi connectivity index (χ2v) is 4.25. The molecule has 8 heteroatoms. The van der Waals surface area contributed by atoms with Crippen molar-refractivity contribution in [3.63, 3.8) is 0 Å². The molecule has 1 aliphatic rings. The number of aromatic nitrogens is 2. The fourth-order valence-electron chi connectivity index (χ4n) is 1.88. The molecule has 1 aliphatic heterocycles. The summed E-state index contributed by atoms with van der Waals surface area (Å²) in [5.74, 6) is 0.0511. The molecule has 2 rings (SSSR count). The lowest BCUT2D eigenvalue weighted by Crippen LogP contribution is -2.55. The van der Waals surface area contributed by atoms with Crippen LogP contribution in [-0.4, -0.2) is 49.3 Å². The van der Waals surface area contributed by atoms with Crippen LogP contribution in [0.3, 0.4) is 0 Å². The summed E-state index contributed by atoms with van der Waals surface area (Å²) in [4.78, 5) is 15.1. The molecule has 2 heterocycles. The SMILES string of the molecule is CC1OC(n2ccc(N)nc2=O)C(O)C(O)C1O. The molecule has 5 N–H and O–H groups in total. The van der Waals surface area contributed by atoms with Crippen LogP contribution in [0.1, 0.15) is 13.2 Å². The Hall–Kier alpha value is -1.48. The van der Waals surface area contributed by atoms with Crippen LogP contribution in [0.2, 0.25) is 0 Å². The molecular weight excluding hydrogens is 242 g/mol. The highest BCUT2D eigenvalue weighted by atomic mass is 16.5. The van der Waals surface area contributed by atoms with Gasteiger partial charge in [0, 0.05) is 6.20 Å². The molecular formula is C10H15N3O5. The van der Waals surface area contributed by atoms with E-state index in [1.165, 1.54) is 19.2 Å². The highest BCUT2D eigenvalue weighted by Crippen LogP contribution is 2.26. The lowest BCUT2D eigenvalue weighted by atomic mass is 9.99. The minimum atomic E-state index is -1.43. The lowest BCUT2D eigenvalue weighted by Gasteiger charge is -2.39. The summed E-state index contributed by atoms with van der Waals surface area (Å²) >= 11 is 0. The molecule has 1 aromatic heterocycles. The van der Waals surface area contributed by atoms with Crippen molar-refractivity contribution in [1.29, 1.82) is 0 Å². The van der Waals surface area contributed by atoms with Gasteiger partial charge in [-0.25, -0.2) is 4.79 Å². The number of ether oxygens (including phenoxy) is 1. The van der Waals surface area contributed by atoms with Gasteiger partial charge in [-0.15, -0.1) is 0 Å². The Morgan fingerprint density at radius 3 is 2.61 bits per heavy atom. The molecule has 8 nitrogen and oxygen atoms in total. The van der Waals surface area contributed by atoms with Crippen molar-refractivity contribution in [1.82, 2.24) is 9.55 Å². The van der Waals surface area contributed by atoms with Gasteiger partial charge in [-0.2, -0.15) is 4.98 Å². The fourth-order valence-corrected chi connectivity index (χ4v) is 1.88. The zero-order valence-electron chi connectivity index (χ0n) is 9.67. The summed E-state index contributed by atoms with van der Waals surface area (Å²) < 4.78 is 6.33. The van der Waals surface area contributed by atoms with Gasteiger partial charge in [-0.1, -0.05) is 0 Å². The zero-order valence-corrected chi connectivity index (χ0v) is 9.67. The number of aliphatic hydroxyl groups is 3. The molecule has 0 bridgehead atoms. The Morgan fingerprint density at radius 1 is 1.33 bits per heavy atom. The van der Waals surface area contributed by atoms with Gasteiger partial charge in [-0.3, -0.25) is 4.57 Å². The molecule has 0 radical (unpaired) electrons. The first-order chi connectivity index (χ1) is 8.41. The van der Waals surface area contributed by atoms with E-state index < -0.39 is 36.3 Å². The zero-order chi connectivity index (χ0) is 13.4. The average molecular weight is 257 g/mol. The second kappa shape index (κ2) is 4.65. The molecule has 1 fully saturated rings. The number of rotatable bonds is 1. The summed E-state index contributed by atoms with van der Waals surface area (Å²) in [6, 6.07) is 1.37. The molecule has 0 spiro atoms. The van der Waals surface area contributed by atoms with Crippen molar-refractivity contribution in [2.45, 2.75) is 37.6 Å². The summed E-state index contributed by atoms with van der Waals surface area (Å²) in [5, 5.41) is 29.0. The van der Waals surface area contributed by atoms with Crippen molar-refractivity contribution in [3.05, 3.63) is 22.7 Å². The minimum absolute atomic E-state index is 0.0511. The van der Waals surface area contributed by atoms with Crippen molar-refractivity contribution in [3.8, 4) is 0 Å². The molecule has 0 aliphatic carbocycles. The van der Waals surface area contributed by atoms with Gasteiger partial charge in [0.2, 0.25) is 0 Å². The van der Waals surface area contributed by atoms with Crippen LogP contribution in [0.4, 0.5) is 5.82 Å². The Bertz CT molecular complexity index is 491. The van der Waals surface area contributed by atoms with Crippen LogP contribution in [0.5, 0.6) is 0 Å². The Balaban J connectivity index is 2.35. The molecule has 1 aromatic rings. The Labute approximate surface area is 102 Å². The van der Waals surface area contributed by atoms with E-state index in [9.17, 15) is 20.1 Å². The Morgan fingerprint density at radius 2 is 2.00 bits per heavy atom. The second-order valence-electron chi connectivity index (χ2n) is 4.25. The fraction of sp³-hybridized carbons (Fsp3) is 0.600. The van der Waals surface area contributed by atoms with Crippen LogP contribution in [0.15, 0.2) is 17.1 Å². The summed E-state index contributed by atoms with van der Waals surface area (Å²) in [6.45, 7) is 1.53. The quantitative estimate of drug-likeness (QED) is 0.450. The van der Waals surface area contributed by atoms with Crippen molar-refractivity contribution >= 4 is 5.82 Å². The smallest absolute Gasteiger partial charge is 0.351 e. The first-order valence-corrected chi connectivity index (χ1v) is 5.46. The lowest BCUT2D eigenvalue weighted by molar-refractivity contribution is -0.241. The van der Waals surface area contributed by atoms with E-state index in [0.29, 0.717) is 0 Å². The minimum Gasteiger partial charge on any atom is -0.388 e. The molecule has 5 atom stereocenters. The monoisotopic (exact) mass is 257 g/mol. The maximum absolute atomic E-state index is 11.6. The van der Waals surface area contributed by atoms with E-state index in [0.717, 1.165) is 4.57 Å². The van der Waals surface area contributed by atoms with Crippen molar-refractivity contribution in [2.75, 3.05) is 5.73 Å². The molecule has 0 aromatic carbocycles. The molecule has 1 saturated heterocycles. The first kappa shape index (κ1) is 13.0. The maximum Gasteiger partial charge on any atom is 0.351 e. The van der Waals surface area contributed by atoms with Gasteiger partial charge in [0.1, 0.15) is 24.1 Å². The third-order valence-corrected chi connectivity index (χ3v) is 2.95. The van der Waals surface area contributed by atoms with Crippen LogP contribution < -0.4 is 11.4 Å². The average Bonchev–Trinajstić information content (AvgIpc) is 2.32. The van der Waals surface area contributed by atoms with Crippen LogP contribution >= 0.6 is 0 Å². The topological polar surface area (TPSA) is 131 Å². The number of aliphatic hydroxyl groups excluding tert-OH is 3. The van der Waals surface area contributed by atoms with E-state index in [-0.39, 0.29) is 5.82 Å². The summed E-state index contributed by atoms with van der Waals surface area (Å²) in [6.07, 6.45) is -4.57. The molecule has 18 heavy (non-hydrogen) atoms. The van der Waals surface area contributed by atoms with E-state index in [2.05, 4.69) is 4.98 Å².